The molecule has 1 heterocycles. The van der Waals surface area contributed by atoms with E-state index in [9.17, 15) is 14.6 Å². The molecule has 1 aliphatic heterocycles. The quantitative estimate of drug-likeness (QED) is 0.889. The number of nitrogens with zero attached hydrogens (tertiary/aromatic N) is 1. The summed E-state index contributed by atoms with van der Waals surface area (Å²) in [5.41, 5.74) is 0.800. The molecule has 2 N–H and O–H groups in total. The van der Waals surface area contributed by atoms with Crippen LogP contribution in [0.5, 0.6) is 5.75 Å². The molecule has 1 saturated heterocycles. The molecular formula is C17H18FNO2. The zero-order chi connectivity index (χ0) is 15.2. The molecule has 1 aliphatic rings. The lowest BCUT2D eigenvalue weighted by Crippen LogP contribution is -2.66. The Kier molecular flexibility index (Phi) is 3.14. The zero-order valence-electron chi connectivity index (χ0n) is 12.0. The second kappa shape index (κ2) is 4.74. The van der Waals surface area contributed by atoms with Crippen molar-refractivity contribution in [1.82, 2.24) is 0 Å². The Labute approximate surface area is 123 Å². The van der Waals surface area contributed by atoms with Crippen molar-refractivity contribution in [3.63, 3.8) is 0 Å². The van der Waals surface area contributed by atoms with E-state index in [4.69, 9.17) is 0 Å². The third kappa shape index (κ3) is 2.16. The van der Waals surface area contributed by atoms with Gasteiger partial charge < -0.3 is 15.1 Å². The minimum Gasteiger partial charge on any atom is -0.508 e. The molecule has 0 radical (unpaired) electrons. The molecule has 110 valence electrons. The fourth-order valence-corrected chi connectivity index (χ4v) is 3.07. The van der Waals surface area contributed by atoms with E-state index < -0.39 is 5.72 Å². The van der Waals surface area contributed by atoms with Crippen LogP contribution in [0.2, 0.25) is 0 Å². The molecule has 2 aromatic carbocycles. The van der Waals surface area contributed by atoms with Gasteiger partial charge in [0, 0.05) is 11.6 Å². The number of rotatable bonds is 2. The van der Waals surface area contributed by atoms with Gasteiger partial charge in [-0.05, 0) is 48.9 Å². The van der Waals surface area contributed by atoms with E-state index in [1.54, 1.807) is 31.2 Å². The molecule has 3 nitrogen and oxygen atoms in total. The third-order valence-electron chi connectivity index (χ3n) is 4.44. The van der Waals surface area contributed by atoms with Crippen LogP contribution in [0.4, 0.5) is 10.1 Å². The number of anilines is 1. The van der Waals surface area contributed by atoms with E-state index in [0.29, 0.717) is 0 Å². The SMILES string of the molecule is C[C@@H]1[C@@H](c2ccc(O)cc2)N(c2ccc(F)cc2)C1(C)O. The molecule has 4 heteroatoms. The number of phenols is 1. The number of halogens is 1. The zero-order valence-corrected chi connectivity index (χ0v) is 12.0. The van der Waals surface area contributed by atoms with Gasteiger partial charge in [-0.2, -0.15) is 0 Å². The van der Waals surface area contributed by atoms with Crippen LogP contribution in [0.3, 0.4) is 0 Å². The summed E-state index contributed by atoms with van der Waals surface area (Å²) in [6.45, 7) is 3.75. The average Bonchev–Trinajstić information content (AvgIpc) is 2.47. The van der Waals surface area contributed by atoms with Crippen LogP contribution >= 0.6 is 0 Å². The molecule has 0 aromatic heterocycles. The summed E-state index contributed by atoms with van der Waals surface area (Å²) >= 11 is 0. The predicted molar refractivity (Wildman–Crippen MR) is 79.5 cm³/mol. The van der Waals surface area contributed by atoms with Crippen molar-refractivity contribution in [3.05, 3.63) is 59.9 Å². The van der Waals surface area contributed by atoms with Crippen molar-refractivity contribution in [1.29, 1.82) is 0 Å². The van der Waals surface area contributed by atoms with Crippen LogP contribution in [0.15, 0.2) is 48.5 Å². The Bertz CT molecular complexity index is 637. The second-order valence-corrected chi connectivity index (χ2v) is 5.77. The standard InChI is InChI=1S/C17H18FNO2/c1-11-16(12-3-9-15(20)10-4-12)19(17(11,2)21)14-7-5-13(18)6-8-14/h3-11,16,20-21H,1-2H3/t11-,16+,17?/m1/s1. The highest BCUT2D eigenvalue weighted by Gasteiger charge is 2.54. The summed E-state index contributed by atoms with van der Waals surface area (Å²) in [6, 6.07) is 13.1. The highest BCUT2D eigenvalue weighted by molar-refractivity contribution is 5.55. The van der Waals surface area contributed by atoms with E-state index >= 15 is 0 Å². The van der Waals surface area contributed by atoms with Crippen molar-refractivity contribution in [3.8, 4) is 5.75 Å². The second-order valence-electron chi connectivity index (χ2n) is 5.77. The lowest BCUT2D eigenvalue weighted by atomic mass is 9.74. The lowest BCUT2D eigenvalue weighted by molar-refractivity contribution is -0.0830. The molecule has 0 spiro atoms. The Hall–Kier alpha value is -2.07. The van der Waals surface area contributed by atoms with Crippen molar-refractivity contribution in [2.45, 2.75) is 25.6 Å². The van der Waals surface area contributed by atoms with Gasteiger partial charge in [0.1, 0.15) is 17.3 Å². The number of aliphatic hydroxyl groups is 1. The van der Waals surface area contributed by atoms with Crippen molar-refractivity contribution in [2.24, 2.45) is 5.92 Å². The highest BCUT2D eigenvalue weighted by Crippen LogP contribution is 2.52. The molecule has 0 bridgehead atoms. The lowest BCUT2D eigenvalue weighted by Gasteiger charge is -2.60. The first kappa shape index (κ1) is 13.9. The molecule has 3 atom stereocenters. The minimum absolute atomic E-state index is 0.00828. The van der Waals surface area contributed by atoms with E-state index in [0.717, 1.165) is 11.3 Å². The molecule has 0 amide bonds. The number of hydrogen-bond donors (Lipinski definition) is 2. The van der Waals surface area contributed by atoms with Crippen molar-refractivity contribution >= 4 is 5.69 Å². The van der Waals surface area contributed by atoms with Crippen molar-refractivity contribution < 1.29 is 14.6 Å². The molecule has 2 aromatic rings. The van der Waals surface area contributed by atoms with Crippen LogP contribution in [0.25, 0.3) is 0 Å². The number of phenolic OH excluding ortho intramolecular Hbond substituents is 1. The first-order valence-corrected chi connectivity index (χ1v) is 6.97. The van der Waals surface area contributed by atoms with E-state index in [-0.39, 0.29) is 23.5 Å². The monoisotopic (exact) mass is 287 g/mol. The van der Waals surface area contributed by atoms with Crippen LogP contribution in [0.1, 0.15) is 25.5 Å². The summed E-state index contributed by atoms with van der Waals surface area (Å²) in [7, 11) is 0. The van der Waals surface area contributed by atoms with Gasteiger partial charge in [0.2, 0.25) is 0 Å². The first-order chi connectivity index (χ1) is 9.91. The van der Waals surface area contributed by atoms with Crippen LogP contribution < -0.4 is 4.90 Å². The van der Waals surface area contributed by atoms with Gasteiger partial charge in [-0.15, -0.1) is 0 Å². The molecule has 0 aliphatic carbocycles. The van der Waals surface area contributed by atoms with E-state index in [1.807, 2.05) is 24.0 Å². The maximum atomic E-state index is 13.1. The van der Waals surface area contributed by atoms with Gasteiger partial charge in [-0.3, -0.25) is 0 Å². The van der Waals surface area contributed by atoms with E-state index in [1.165, 1.54) is 12.1 Å². The number of aromatic hydroxyl groups is 1. The fraction of sp³-hybridized carbons (Fsp3) is 0.294. The van der Waals surface area contributed by atoms with Crippen LogP contribution in [0, 0.1) is 11.7 Å². The van der Waals surface area contributed by atoms with Crippen molar-refractivity contribution in [2.75, 3.05) is 4.90 Å². The fourth-order valence-electron chi connectivity index (χ4n) is 3.07. The number of hydrogen-bond acceptors (Lipinski definition) is 3. The van der Waals surface area contributed by atoms with Crippen LogP contribution in [-0.4, -0.2) is 15.9 Å². The maximum Gasteiger partial charge on any atom is 0.140 e. The smallest absolute Gasteiger partial charge is 0.140 e. The van der Waals surface area contributed by atoms with Crippen LogP contribution in [-0.2, 0) is 0 Å². The van der Waals surface area contributed by atoms with Gasteiger partial charge >= 0.3 is 0 Å². The van der Waals surface area contributed by atoms with Gasteiger partial charge in [0.05, 0.1) is 6.04 Å². The molecule has 1 fully saturated rings. The van der Waals surface area contributed by atoms with Gasteiger partial charge in [0.15, 0.2) is 0 Å². The summed E-state index contributed by atoms with van der Waals surface area (Å²) in [4.78, 5) is 1.88. The largest absolute Gasteiger partial charge is 0.508 e. The predicted octanol–water partition coefficient (Wildman–Crippen LogP) is 3.44. The summed E-state index contributed by atoms with van der Waals surface area (Å²) in [5.74, 6) is -0.0638. The summed E-state index contributed by atoms with van der Waals surface area (Å²) < 4.78 is 13.1. The normalized spacial score (nSPS) is 28.3. The molecule has 3 rings (SSSR count). The number of benzene rings is 2. The molecule has 0 saturated carbocycles. The van der Waals surface area contributed by atoms with Gasteiger partial charge in [0.25, 0.3) is 0 Å². The molecule has 21 heavy (non-hydrogen) atoms. The molecule has 1 unspecified atom stereocenters. The Morgan fingerprint density at radius 3 is 2.19 bits per heavy atom. The highest BCUT2D eigenvalue weighted by atomic mass is 19.1. The summed E-state index contributed by atoms with van der Waals surface area (Å²) in [6.07, 6.45) is 0. The Morgan fingerprint density at radius 2 is 1.62 bits per heavy atom. The van der Waals surface area contributed by atoms with Gasteiger partial charge in [-0.25, -0.2) is 4.39 Å². The maximum absolute atomic E-state index is 13.1. The molecular weight excluding hydrogens is 269 g/mol. The first-order valence-electron chi connectivity index (χ1n) is 6.97. The average molecular weight is 287 g/mol. The third-order valence-corrected chi connectivity index (χ3v) is 4.44. The minimum atomic E-state index is -0.986. The van der Waals surface area contributed by atoms with Gasteiger partial charge in [-0.1, -0.05) is 19.1 Å². The Balaban J connectivity index is 1.99. The summed E-state index contributed by atoms with van der Waals surface area (Å²) in [5, 5.41) is 20.0. The topological polar surface area (TPSA) is 43.7 Å². The Morgan fingerprint density at radius 1 is 1.05 bits per heavy atom. The van der Waals surface area contributed by atoms with E-state index in [2.05, 4.69) is 0 Å².